The maximum atomic E-state index is 12.4. The molecule has 2 fully saturated rings. The van der Waals surface area contributed by atoms with Gasteiger partial charge in [0.25, 0.3) is 0 Å². The van der Waals surface area contributed by atoms with E-state index >= 15 is 0 Å². The first-order valence-corrected chi connectivity index (χ1v) is 13.0. The Balaban J connectivity index is 1.67. The van der Waals surface area contributed by atoms with Crippen LogP contribution in [-0.4, -0.2) is 60.8 Å². The molecule has 2 aromatic carbocycles. The van der Waals surface area contributed by atoms with Crippen LogP contribution in [-0.2, 0) is 20.9 Å². The molecule has 0 bridgehead atoms. The molecule has 0 radical (unpaired) electrons. The van der Waals surface area contributed by atoms with Gasteiger partial charge in [0, 0.05) is 31.3 Å². The Morgan fingerprint density at radius 3 is 2.22 bits per heavy atom. The fourth-order valence-corrected chi connectivity index (χ4v) is 5.45. The third-order valence-electron chi connectivity index (χ3n) is 7.80. The molecule has 4 rings (SSSR count). The van der Waals surface area contributed by atoms with Crippen LogP contribution in [0.2, 0.25) is 0 Å². The van der Waals surface area contributed by atoms with E-state index in [-0.39, 0.29) is 12.0 Å². The molecule has 2 aliphatic rings. The van der Waals surface area contributed by atoms with Crippen LogP contribution >= 0.6 is 0 Å². The molecule has 2 aromatic rings. The van der Waals surface area contributed by atoms with Crippen molar-refractivity contribution in [1.82, 2.24) is 4.90 Å². The average Bonchev–Trinajstić information content (AvgIpc) is 3.42. The number of benzene rings is 2. The second kappa shape index (κ2) is 11.4. The summed E-state index contributed by atoms with van der Waals surface area (Å²) in [6.07, 6.45) is 5.41. The third kappa shape index (κ3) is 5.85. The van der Waals surface area contributed by atoms with Crippen molar-refractivity contribution in [1.29, 1.82) is 0 Å². The van der Waals surface area contributed by atoms with E-state index in [0.717, 1.165) is 52.3 Å². The summed E-state index contributed by atoms with van der Waals surface area (Å²) in [6, 6.07) is 9.89. The summed E-state index contributed by atoms with van der Waals surface area (Å²) in [4.78, 5) is 25.9. The molecule has 0 aromatic heterocycles. The van der Waals surface area contributed by atoms with E-state index in [1.54, 1.807) is 19.1 Å². The van der Waals surface area contributed by atoms with Gasteiger partial charge in [-0.05, 0) is 73.6 Å². The van der Waals surface area contributed by atoms with Crippen molar-refractivity contribution in [2.24, 2.45) is 0 Å². The van der Waals surface area contributed by atoms with Gasteiger partial charge in [0.15, 0.2) is 0 Å². The van der Waals surface area contributed by atoms with Gasteiger partial charge in [-0.15, -0.1) is 0 Å². The van der Waals surface area contributed by atoms with Gasteiger partial charge >= 0.3 is 5.97 Å². The summed E-state index contributed by atoms with van der Waals surface area (Å²) < 4.78 is 17.5. The van der Waals surface area contributed by atoms with Gasteiger partial charge in [-0.25, -0.2) is 4.79 Å². The van der Waals surface area contributed by atoms with Crippen molar-refractivity contribution in [3.63, 3.8) is 0 Å². The first-order valence-electron chi connectivity index (χ1n) is 13.0. The van der Waals surface area contributed by atoms with E-state index in [1.165, 1.54) is 19.8 Å². The summed E-state index contributed by atoms with van der Waals surface area (Å²) in [7, 11) is 3.29. The first kappa shape index (κ1) is 26.8. The number of carbonyl (C=O) groups excluding carboxylic acids is 1. The highest BCUT2D eigenvalue weighted by atomic mass is 16.5. The Morgan fingerprint density at radius 2 is 1.68 bits per heavy atom. The number of carboxylic acid groups (broad SMARTS) is 1. The second-order valence-electron chi connectivity index (χ2n) is 10.1. The van der Waals surface area contributed by atoms with E-state index in [2.05, 4.69) is 5.32 Å². The molecule has 1 aliphatic carbocycles. The number of amides is 1. The molecule has 37 heavy (non-hydrogen) atoms. The number of aliphatic carboxylic acids is 1. The number of carboxylic acids is 1. The van der Waals surface area contributed by atoms with Crippen LogP contribution in [0.5, 0.6) is 11.5 Å². The van der Waals surface area contributed by atoms with Crippen molar-refractivity contribution < 1.29 is 28.9 Å². The highest BCUT2D eigenvalue weighted by molar-refractivity contribution is 5.84. The number of hydrogen-bond donors (Lipinski definition) is 2. The normalized spacial score (nSPS) is 17.5. The molecule has 2 N–H and O–H groups in total. The summed E-state index contributed by atoms with van der Waals surface area (Å²) in [5.74, 6) is 0.540. The lowest BCUT2D eigenvalue weighted by Crippen LogP contribution is -2.55. The summed E-state index contributed by atoms with van der Waals surface area (Å²) in [5.41, 5.74) is 3.41. The second-order valence-corrected chi connectivity index (χ2v) is 10.1. The smallest absolute Gasteiger partial charge is 0.329 e. The van der Waals surface area contributed by atoms with Crippen LogP contribution in [0.3, 0.4) is 0 Å². The molecule has 0 unspecified atom stereocenters. The van der Waals surface area contributed by atoms with Crippen LogP contribution < -0.4 is 14.8 Å². The van der Waals surface area contributed by atoms with Crippen molar-refractivity contribution in [3.8, 4) is 22.6 Å². The first-order chi connectivity index (χ1) is 17.8. The molecular weight excluding hydrogens is 472 g/mol. The van der Waals surface area contributed by atoms with Gasteiger partial charge in [-0.2, -0.15) is 0 Å². The number of carbonyl (C=O) groups is 2. The molecule has 1 heterocycles. The molecule has 1 saturated heterocycles. The quantitative estimate of drug-likeness (QED) is 0.489. The van der Waals surface area contributed by atoms with E-state index in [1.807, 2.05) is 37.3 Å². The number of rotatable bonds is 9. The number of hydrogen-bond acceptors (Lipinski definition) is 6. The lowest BCUT2D eigenvalue weighted by Gasteiger charge is -2.39. The Morgan fingerprint density at radius 1 is 1.05 bits per heavy atom. The molecule has 8 heteroatoms. The molecule has 0 spiro atoms. The molecule has 1 aliphatic heterocycles. The SMILES string of the molecule is COc1cc(-c2ccc(NC3(C(=O)O)CCN(C(C)=O)CC3)cc2COC2CCCC2)cc(OC)c1C. The van der Waals surface area contributed by atoms with Crippen LogP contribution in [0, 0.1) is 6.92 Å². The van der Waals surface area contributed by atoms with Crippen LogP contribution in [0.25, 0.3) is 11.1 Å². The van der Waals surface area contributed by atoms with Gasteiger partial charge in [-0.1, -0.05) is 18.9 Å². The largest absolute Gasteiger partial charge is 0.496 e. The minimum Gasteiger partial charge on any atom is -0.496 e. The zero-order valence-electron chi connectivity index (χ0n) is 22.3. The Kier molecular flexibility index (Phi) is 8.27. The third-order valence-corrected chi connectivity index (χ3v) is 7.80. The predicted octanol–water partition coefficient (Wildman–Crippen LogP) is 5.02. The number of likely N-dealkylation sites (tertiary alicyclic amines) is 1. The number of nitrogens with one attached hydrogen (secondary N) is 1. The molecule has 200 valence electrons. The molecule has 1 amide bonds. The van der Waals surface area contributed by atoms with Crippen molar-refractivity contribution in [2.75, 3.05) is 32.6 Å². The summed E-state index contributed by atoms with van der Waals surface area (Å²) in [5, 5.41) is 13.5. The number of nitrogens with zero attached hydrogens (tertiary/aromatic N) is 1. The Bertz CT molecular complexity index is 1110. The molecular formula is C29H38N2O6. The highest BCUT2D eigenvalue weighted by Gasteiger charge is 2.42. The summed E-state index contributed by atoms with van der Waals surface area (Å²) >= 11 is 0. The Hall–Kier alpha value is -3.26. The van der Waals surface area contributed by atoms with Crippen molar-refractivity contribution in [2.45, 2.75) is 70.6 Å². The van der Waals surface area contributed by atoms with E-state index in [4.69, 9.17) is 14.2 Å². The van der Waals surface area contributed by atoms with Crippen LogP contribution in [0.15, 0.2) is 30.3 Å². The van der Waals surface area contributed by atoms with Crippen LogP contribution in [0.4, 0.5) is 5.69 Å². The average molecular weight is 511 g/mol. The zero-order valence-corrected chi connectivity index (χ0v) is 22.3. The Labute approximate surface area is 218 Å². The minimum atomic E-state index is -1.13. The zero-order chi connectivity index (χ0) is 26.6. The van der Waals surface area contributed by atoms with Gasteiger partial charge in [0.1, 0.15) is 17.0 Å². The number of methoxy groups -OCH3 is 2. The van der Waals surface area contributed by atoms with Gasteiger partial charge < -0.3 is 29.5 Å². The van der Waals surface area contributed by atoms with E-state index < -0.39 is 11.5 Å². The van der Waals surface area contributed by atoms with Crippen molar-refractivity contribution >= 4 is 17.6 Å². The van der Waals surface area contributed by atoms with Gasteiger partial charge in [0.2, 0.25) is 5.91 Å². The minimum absolute atomic E-state index is 0.0290. The number of anilines is 1. The maximum absolute atomic E-state index is 12.4. The number of piperidine rings is 1. The molecule has 8 nitrogen and oxygen atoms in total. The summed E-state index contributed by atoms with van der Waals surface area (Å²) in [6.45, 7) is 4.72. The monoisotopic (exact) mass is 510 g/mol. The fourth-order valence-electron chi connectivity index (χ4n) is 5.45. The van der Waals surface area contributed by atoms with Gasteiger partial charge in [0.05, 0.1) is 26.9 Å². The van der Waals surface area contributed by atoms with Crippen LogP contribution in [0.1, 0.15) is 56.6 Å². The molecule has 1 saturated carbocycles. The lowest BCUT2D eigenvalue weighted by molar-refractivity contribution is -0.146. The molecule has 0 atom stereocenters. The van der Waals surface area contributed by atoms with E-state index in [0.29, 0.717) is 32.5 Å². The number of ether oxygens (including phenoxy) is 3. The maximum Gasteiger partial charge on any atom is 0.329 e. The standard InChI is InChI=1S/C29H38N2O6/c1-19-26(35-3)16-21(17-27(19)36-4)25-10-9-23(15-22(25)18-37-24-7-5-6-8-24)30-29(28(33)34)11-13-31(14-12-29)20(2)32/h9-10,15-17,24,30H,5-8,11-14,18H2,1-4H3,(H,33,34). The lowest BCUT2D eigenvalue weighted by atomic mass is 9.86. The topological polar surface area (TPSA) is 97.3 Å². The van der Waals surface area contributed by atoms with Crippen molar-refractivity contribution in [3.05, 3.63) is 41.5 Å². The van der Waals surface area contributed by atoms with Gasteiger partial charge in [-0.3, -0.25) is 4.79 Å². The fraction of sp³-hybridized carbons (Fsp3) is 0.517. The van der Waals surface area contributed by atoms with E-state index in [9.17, 15) is 14.7 Å². The highest BCUT2D eigenvalue weighted by Crippen LogP contribution is 2.38. The predicted molar refractivity (Wildman–Crippen MR) is 142 cm³/mol.